The summed E-state index contributed by atoms with van der Waals surface area (Å²) in [6, 6.07) is 5.97. The van der Waals surface area contributed by atoms with E-state index in [0.29, 0.717) is 11.8 Å². The number of aliphatic hydroxyl groups is 1. The molecule has 0 saturated heterocycles. The molecule has 0 spiro atoms. The van der Waals surface area contributed by atoms with E-state index in [0.717, 1.165) is 6.08 Å². The first-order chi connectivity index (χ1) is 11.0. The molecule has 1 aromatic rings. The number of aliphatic hydroxyl groups excluding tert-OH is 1. The number of ether oxygens (including phenoxy) is 1. The molecule has 5 nitrogen and oxygen atoms in total. The number of carbonyl (C=O) groups is 2. The molecule has 24 heavy (non-hydrogen) atoms. The number of rotatable bonds is 7. The molecular formula is C18H21O5Rb. The third kappa shape index (κ3) is 8.19. The maximum absolute atomic E-state index is 11.5. The Hall–Kier alpha value is -1.01. The second-order valence-electron chi connectivity index (χ2n) is 4.04. The average molecular weight is 403 g/mol. The summed E-state index contributed by atoms with van der Waals surface area (Å²) < 4.78 is 5.45. The Morgan fingerprint density at radius 1 is 1.25 bits per heavy atom. The molecule has 6 heteroatoms. The maximum Gasteiger partial charge on any atom is 1.00 e. The number of carboxylic acids is 1. The number of benzene rings is 1. The molecule has 0 atom stereocenters. The van der Waals surface area contributed by atoms with Crippen molar-refractivity contribution in [2.24, 2.45) is 0 Å². The smallest absolute Gasteiger partial charge is 0.545 e. The van der Waals surface area contributed by atoms with Crippen molar-refractivity contribution in [3.8, 4) is 0 Å². The minimum absolute atomic E-state index is 0. The summed E-state index contributed by atoms with van der Waals surface area (Å²) >= 11 is 0. The fourth-order valence-electron chi connectivity index (χ4n) is 1.57. The van der Waals surface area contributed by atoms with Gasteiger partial charge in [0.05, 0.1) is 17.8 Å². The predicted octanol–water partition coefficient (Wildman–Crippen LogP) is -0.302. The number of allylic oxidation sites excluding steroid dienone is 3. The minimum Gasteiger partial charge on any atom is -0.545 e. The van der Waals surface area contributed by atoms with E-state index in [-0.39, 0.29) is 81.7 Å². The van der Waals surface area contributed by atoms with Gasteiger partial charge in [0.1, 0.15) is 12.4 Å². The summed E-state index contributed by atoms with van der Waals surface area (Å²) in [6.45, 7) is 9.13. The topological polar surface area (TPSA) is 86.7 Å². The van der Waals surface area contributed by atoms with Crippen molar-refractivity contribution >= 4 is 11.8 Å². The van der Waals surface area contributed by atoms with Crippen molar-refractivity contribution < 1.29 is 82.7 Å². The van der Waals surface area contributed by atoms with Gasteiger partial charge in [0.2, 0.25) is 0 Å². The number of carbonyl (C=O) groups excluding carboxylic acids is 2. The molecule has 0 radical (unpaired) electrons. The number of carboxylic acid groups (broad SMARTS) is 1. The normalized spacial score (nSPS) is 10.6. The summed E-state index contributed by atoms with van der Waals surface area (Å²) in [7, 11) is 0. The molecule has 0 amide bonds. The maximum atomic E-state index is 11.5. The van der Waals surface area contributed by atoms with Gasteiger partial charge in [0.25, 0.3) is 0 Å². The fraction of sp³-hybridized carbons (Fsp3) is 0.222. The summed E-state index contributed by atoms with van der Waals surface area (Å²) in [5, 5.41) is 19.7. The van der Waals surface area contributed by atoms with Crippen molar-refractivity contribution in [3.05, 3.63) is 71.7 Å². The number of ketones is 1. The van der Waals surface area contributed by atoms with Crippen molar-refractivity contribution in [1.29, 1.82) is 0 Å². The van der Waals surface area contributed by atoms with Crippen molar-refractivity contribution in [2.75, 3.05) is 0 Å². The molecule has 1 rings (SSSR count). The molecule has 0 fully saturated rings. The van der Waals surface area contributed by atoms with Crippen LogP contribution in [-0.4, -0.2) is 16.9 Å². The van der Waals surface area contributed by atoms with Crippen LogP contribution in [0.5, 0.6) is 0 Å². The number of hydrogen-bond acceptors (Lipinski definition) is 5. The third-order valence-electron chi connectivity index (χ3n) is 2.69. The first kappa shape index (κ1) is 25.2. The Bertz CT molecular complexity index is 600. The SMILES string of the molecule is C=CC(=O)C(=C/O)/C(=C\C)OCc1ccc(C(=O)[O-])cc1.CC.[Rb+]. The van der Waals surface area contributed by atoms with E-state index in [2.05, 4.69) is 6.58 Å². The van der Waals surface area contributed by atoms with E-state index >= 15 is 0 Å². The molecule has 1 aromatic carbocycles. The second kappa shape index (κ2) is 14.3. The molecule has 0 aliphatic rings. The molecule has 1 N–H and O–H groups in total. The van der Waals surface area contributed by atoms with Gasteiger partial charge in [0, 0.05) is 0 Å². The Kier molecular flexibility index (Phi) is 15.1. The Balaban J connectivity index is 0. The van der Waals surface area contributed by atoms with Gasteiger partial charge in [0.15, 0.2) is 5.78 Å². The Labute approximate surface area is 191 Å². The van der Waals surface area contributed by atoms with Gasteiger partial charge < -0.3 is 19.7 Å². The monoisotopic (exact) mass is 402 g/mol. The van der Waals surface area contributed by atoms with Crippen LogP contribution >= 0.6 is 0 Å². The van der Waals surface area contributed by atoms with Gasteiger partial charge in [-0.1, -0.05) is 44.7 Å². The van der Waals surface area contributed by atoms with Gasteiger partial charge in [-0.3, -0.25) is 4.79 Å². The van der Waals surface area contributed by atoms with Crippen molar-refractivity contribution in [1.82, 2.24) is 0 Å². The van der Waals surface area contributed by atoms with Crippen LogP contribution < -0.4 is 63.3 Å². The zero-order valence-corrected chi connectivity index (χ0v) is 19.5. The average Bonchev–Trinajstić information content (AvgIpc) is 2.60. The molecule has 124 valence electrons. The van der Waals surface area contributed by atoms with Crippen LogP contribution in [0.2, 0.25) is 0 Å². The number of aromatic carboxylic acids is 1. The Morgan fingerprint density at radius 3 is 2.17 bits per heavy atom. The molecule has 0 aliphatic heterocycles. The molecule has 0 saturated carbocycles. The molecule has 0 unspecified atom stereocenters. The first-order valence-electron chi connectivity index (χ1n) is 7.14. The van der Waals surface area contributed by atoms with Crippen LogP contribution in [-0.2, 0) is 16.1 Å². The third-order valence-corrected chi connectivity index (χ3v) is 2.69. The van der Waals surface area contributed by atoms with Crippen LogP contribution in [0.1, 0.15) is 36.7 Å². The van der Waals surface area contributed by atoms with E-state index in [9.17, 15) is 14.7 Å². The van der Waals surface area contributed by atoms with Crippen LogP contribution in [0.4, 0.5) is 0 Å². The van der Waals surface area contributed by atoms with E-state index in [1.807, 2.05) is 13.8 Å². The minimum atomic E-state index is -1.25. The summed E-state index contributed by atoms with van der Waals surface area (Å²) in [4.78, 5) is 22.2. The van der Waals surface area contributed by atoms with Gasteiger partial charge in [-0.05, 0) is 30.2 Å². The predicted molar refractivity (Wildman–Crippen MR) is 86.6 cm³/mol. The number of hydrogen-bond donors (Lipinski definition) is 1. The van der Waals surface area contributed by atoms with E-state index in [1.54, 1.807) is 25.1 Å². The quantitative estimate of drug-likeness (QED) is 0.384. The van der Waals surface area contributed by atoms with Crippen LogP contribution in [0.15, 0.2) is 60.6 Å². The fourth-order valence-corrected chi connectivity index (χ4v) is 1.57. The Morgan fingerprint density at radius 2 is 1.79 bits per heavy atom. The van der Waals surface area contributed by atoms with Gasteiger partial charge in [-0.25, -0.2) is 0 Å². The van der Waals surface area contributed by atoms with Crippen LogP contribution in [0, 0.1) is 0 Å². The van der Waals surface area contributed by atoms with Crippen LogP contribution in [0.3, 0.4) is 0 Å². The van der Waals surface area contributed by atoms with Crippen LogP contribution in [0.25, 0.3) is 0 Å². The largest absolute Gasteiger partial charge is 1.00 e. The van der Waals surface area contributed by atoms with E-state index in [1.165, 1.54) is 12.1 Å². The zero-order chi connectivity index (χ0) is 17.8. The van der Waals surface area contributed by atoms with Gasteiger partial charge in [-0.2, -0.15) is 0 Å². The standard InChI is InChI=1S/C16H16O5.C2H6.Rb/c1-3-14(18)13(9-17)15(4-2)21-10-11-5-7-12(8-6-11)16(19)20;1-2;/h3-9,17H,1,10H2,2H3,(H,19,20);1-2H3;/q;;+1/p-1/b13-9-,15-4+;;. The first-order valence-corrected chi connectivity index (χ1v) is 7.14. The summed E-state index contributed by atoms with van der Waals surface area (Å²) in [6.07, 6.45) is 3.28. The molecule has 0 aromatic heterocycles. The zero-order valence-electron chi connectivity index (χ0n) is 14.5. The molecular weight excluding hydrogens is 382 g/mol. The van der Waals surface area contributed by atoms with Crippen molar-refractivity contribution in [3.63, 3.8) is 0 Å². The summed E-state index contributed by atoms with van der Waals surface area (Å²) in [5.74, 6) is -1.50. The second-order valence-corrected chi connectivity index (χ2v) is 4.04. The molecule has 0 heterocycles. The van der Waals surface area contributed by atoms with E-state index < -0.39 is 11.8 Å². The van der Waals surface area contributed by atoms with E-state index in [4.69, 9.17) is 9.84 Å². The van der Waals surface area contributed by atoms with Crippen molar-refractivity contribution in [2.45, 2.75) is 27.4 Å². The van der Waals surface area contributed by atoms with Gasteiger partial charge in [-0.15, -0.1) is 0 Å². The molecule has 0 bridgehead atoms. The molecule has 0 aliphatic carbocycles. The van der Waals surface area contributed by atoms with Gasteiger partial charge >= 0.3 is 58.2 Å². The summed E-state index contributed by atoms with van der Waals surface area (Å²) in [5.41, 5.74) is 0.782.